The number of nitrogens with zero attached hydrogens (tertiary/aromatic N) is 3. The normalized spacial score (nSPS) is 15.6. The Balaban J connectivity index is 1.66. The number of hydrogen-bond acceptors (Lipinski definition) is 9. The number of aromatic nitrogens is 2. The van der Waals surface area contributed by atoms with Gasteiger partial charge < -0.3 is 14.6 Å². The third-order valence-electron chi connectivity index (χ3n) is 5.65. The molecule has 2 aromatic carbocycles. The predicted molar refractivity (Wildman–Crippen MR) is 140 cm³/mol. The summed E-state index contributed by atoms with van der Waals surface area (Å²) >= 11 is 2.42. The van der Waals surface area contributed by atoms with Gasteiger partial charge in [0, 0.05) is 0 Å². The molecular formula is C26H21N3O5S2. The molecule has 0 fully saturated rings. The van der Waals surface area contributed by atoms with Crippen LogP contribution in [-0.4, -0.2) is 40.7 Å². The van der Waals surface area contributed by atoms with Crippen molar-refractivity contribution < 1.29 is 24.2 Å². The van der Waals surface area contributed by atoms with Crippen molar-refractivity contribution in [1.82, 2.24) is 9.97 Å². The second-order valence-corrected chi connectivity index (χ2v) is 9.91. The highest BCUT2D eigenvalue weighted by atomic mass is 32.1. The highest BCUT2D eigenvalue weighted by molar-refractivity contribution is 7.19. The lowest BCUT2D eigenvalue weighted by Crippen LogP contribution is -2.30. The Labute approximate surface area is 214 Å². The molecule has 1 N–H and O–H groups in total. The molecule has 0 bridgehead atoms. The standard InChI is InChI=1S/C26H21N3O5S2/c1-4-12-34-25(32)22-14(2)27-26(36-22)29-20(15-8-7-9-16(13-15)33-3)19(21(30)24(29)31)23-28-17-10-5-6-11-18(17)35-23/h4-11,13,20,30H,1,12H2,2-3H3. The van der Waals surface area contributed by atoms with Gasteiger partial charge in [-0.3, -0.25) is 9.69 Å². The van der Waals surface area contributed by atoms with E-state index in [1.807, 2.05) is 36.4 Å². The molecule has 1 aliphatic heterocycles. The lowest BCUT2D eigenvalue weighted by atomic mass is 9.99. The number of rotatable bonds is 7. The van der Waals surface area contributed by atoms with E-state index in [9.17, 15) is 14.7 Å². The number of aryl methyl sites for hydroxylation is 1. The molecular weight excluding hydrogens is 498 g/mol. The van der Waals surface area contributed by atoms with Crippen LogP contribution in [0.3, 0.4) is 0 Å². The van der Waals surface area contributed by atoms with E-state index in [1.54, 1.807) is 26.2 Å². The van der Waals surface area contributed by atoms with Gasteiger partial charge in [0.05, 0.1) is 34.6 Å². The number of anilines is 1. The first-order chi connectivity index (χ1) is 17.4. The largest absolute Gasteiger partial charge is 0.503 e. The van der Waals surface area contributed by atoms with E-state index in [2.05, 4.69) is 11.6 Å². The van der Waals surface area contributed by atoms with Crippen molar-refractivity contribution in [3.05, 3.63) is 88.1 Å². The number of aliphatic hydroxyl groups excluding tert-OH is 1. The van der Waals surface area contributed by atoms with Gasteiger partial charge in [-0.25, -0.2) is 14.8 Å². The van der Waals surface area contributed by atoms with E-state index < -0.39 is 23.7 Å². The molecule has 182 valence electrons. The van der Waals surface area contributed by atoms with E-state index >= 15 is 0 Å². The Bertz CT molecular complexity index is 1500. The smallest absolute Gasteiger partial charge is 0.350 e. The molecule has 36 heavy (non-hydrogen) atoms. The molecule has 8 nitrogen and oxygen atoms in total. The third-order valence-corrected chi connectivity index (χ3v) is 7.86. The van der Waals surface area contributed by atoms with Gasteiger partial charge in [-0.2, -0.15) is 0 Å². The number of fused-ring (bicyclic) bond motifs is 1. The monoisotopic (exact) mass is 519 g/mol. The molecule has 4 aromatic rings. The summed E-state index contributed by atoms with van der Waals surface area (Å²) in [5.41, 5.74) is 2.27. The number of thiazole rings is 2. The summed E-state index contributed by atoms with van der Waals surface area (Å²) in [6, 6.07) is 14.1. The maximum Gasteiger partial charge on any atom is 0.350 e. The highest BCUT2D eigenvalue weighted by Crippen LogP contribution is 2.48. The van der Waals surface area contributed by atoms with E-state index in [1.165, 1.54) is 22.3 Å². The Hall–Kier alpha value is -4.02. The molecule has 1 unspecified atom stereocenters. The SMILES string of the molecule is C=CCOC(=O)c1sc(N2C(=O)C(O)=C(c3nc4ccccc4s3)C2c2cccc(OC)c2)nc1C. The molecule has 10 heteroatoms. The maximum absolute atomic E-state index is 13.5. The van der Waals surface area contributed by atoms with Crippen molar-refractivity contribution in [2.45, 2.75) is 13.0 Å². The first-order valence-electron chi connectivity index (χ1n) is 10.9. The maximum atomic E-state index is 13.5. The summed E-state index contributed by atoms with van der Waals surface area (Å²) in [5.74, 6) is -0.995. The second-order valence-electron chi connectivity index (χ2n) is 7.90. The molecule has 0 radical (unpaired) electrons. The fourth-order valence-electron chi connectivity index (χ4n) is 4.01. The van der Waals surface area contributed by atoms with Crippen LogP contribution in [0.2, 0.25) is 0 Å². The molecule has 3 heterocycles. The Kier molecular flexibility index (Phi) is 6.29. The van der Waals surface area contributed by atoms with Crippen molar-refractivity contribution in [2.24, 2.45) is 0 Å². The van der Waals surface area contributed by atoms with E-state index in [0.29, 0.717) is 27.6 Å². The minimum absolute atomic E-state index is 0.0602. The van der Waals surface area contributed by atoms with Gasteiger partial charge in [-0.15, -0.1) is 11.3 Å². The molecule has 2 aromatic heterocycles. The zero-order valence-electron chi connectivity index (χ0n) is 19.4. The molecule has 0 spiro atoms. The highest BCUT2D eigenvalue weighted by Gasteiger charge is 2.45. The summed E-state index contributed by atoms with van der Waals surface area (Å²) in [6.45, 7) is 5.29. The van der Waals surface area contributed by atoms with Gasteiger partial charge in [0.25, 0.3) is 5.91 Å². The number of amides is 1. The number of ether oxygens (including phenoxy) is 2. The molecule has 0 saturated heterocycles. The van der Waals surface area contributed by atoms with Crippen LogP contribution in [0.15, 0.2) is 66.9 Å². The zero-order chi connectivity index (χ0) is 25.4. The number of esters is 1. The van der Waals surface area contributed by atoms with Crippen LogP contribution >= 0.6 is 22.7 Å². The predicted octanol–water partition coefficient (Wildman–Crippen LogP) is 5.47. The molecule has 1 amide bonds. The molecule has 1 atom stereocenters. The number of methoxy groups -OCH3 is 1. The number of para-hydroxylation sites is 1. The van der Waals surface area contributed by atoms with E-state index in [-0.39, 0.29) is 16.6 Å². The van der Waals surface area contributed by atoms with Gasteiger partial charge in [0.2, 0.25) is 0 Å². The first kappa shape index (κ1) is 23.7. The van der Waals surface area contributed by atoms with Crippen molar-refractivity contribution >= 4 is 55.5 Å². The van der Waals surface area contributed by atoms with Crippen LogP contribution in [-0.2, 0) is 9.53 Å². The summed E-state index contributed by atoms with van der Waals surface area (Å²) in [7, 11) is 1.56. The number of hydrogen-bond donors (Lipinski definition) is 1. The van der Waals surface area contributed by atoms with E-state index in [0.717, 1.165) is 21.6 Å². The summed E-state index contributed by atoms with van der Waals surface area (Å²) < 4.78 is 11.5. The summed E-state index contributed by atoms with van der Waals surface area (Å²) in [6.07, 6.45) is 1.48. The van der Waals surface area contributed by atoms with Crippen molar-refractivity contribution in [3.8, 4) is 5.75 Å². The zero-order valence-corrected chi connectivity index (χ0v) is 21.1. The van der Waals surface area contributed by atoms with Crippen LogP contribution in [0.4, 0.5) is 5.13 Å². The fraction of sp³-hybridized carbons (Fsp3) is 0.154. The van der Waals surface area contributed by atoms with Crippen LogP contribution in [0.5, 0.6) is 5.75 Å². The molecule has 0 aliphatic carbocycles. The minimum Gasteiger partial charge on any atom is -0.503 e. The summed E-state index contributed by atoms with van der Waals surface area (Å²) in [5, 5.41) is 11.9. The van der Waals surface area contributed by atoms with E-state index in [4.69, 9.17) is 14.5 Å². The first-order valence-corrected chi connectivity index (χ1v) is 12.6. The van der Waals surface area contributed by atoms with Crippen LogP contribution < -0.4 is 9.64 Å². The third kappa shape index (κ3) is 4.04. The average molecular weight is 520 g/mol. The van der Waals surface area contributed by atoms with Crippen molar-refractivity contribution in [2.75, 3.05) is 18.6 Å². The van der Waals surface area contributed by atoms with Gasteiger partial charge in [-0.1, -0.05) is 48.3 Å². The Morgan fingerprint density at radius 3 is 2.75 bits per heavy atom. The Morgan fingerprint density at radius 1 is 1.19 bits per heavy atom. The molecule has 0 saturated carbocycles. The Morgan fingerprint density at radius 2 is 2.00 bits per heavy atom. The number of carbonyl (C=O) groups excluding carboxylic acids is 2. The van der Waals surface area contributed by atoms with Gasteiger partial charge in [0.15, 0.2) is 10.9 Å². The van der Waals surface area contributed by atoms with Gasteiger partial charge in [0.1, 0.15) is 22.2 Å². The second kappa shape index (κ2) is 9.56. The van der Waals surface area contributed by atoms with Crippen molar-refractivity contribution in [1.29, 1.82) is 0 Å². The molecule has 5 rings (SSSR count). The average Bonchev–Trinajstić information content (AvgIpc) is 3.56. The molecule has 1 aliphatic rings. The lowest BCUT2D eigenvalue weighted by Gasteiger charge is -2.24. The van der Waals surface area contributed by atoms with Crippen LogP contribution in [0, 0.1) is 6.92 Å². The summed E-state index contributed by atoms with van der Waals surface area (Å²) in [4.78, 5) is 36.9. The van der Waals surface area contributed by atoms with Crippen LogP contribution in [0.25, 0.3) is 15.8 Å². The number of aliphatic hydroxyl groups is 1. The minimum atomic E-state index is -0.740. The van der Waals surface area contributed by atoms with Gasteiger partial charge in [-0.05, 0) is 36.8 Å². The van der Waals surface area contributed by atoms with Crippen molar-refractivity contribution in [3.63, 3.8) is 0 Å². The quantitative estimate of drug-likeness (QED) is 0.255. The number of carbonyl (C=O) groups is 2. The van der Waals surface area contributed by atoms with Gasteiger partial charge >= 0.3 is 5.97 Å². The number of benzene rings is 2. The lowest BCUT2D eigenvalue weighted by molar-refractivity contribution is -0.117. The topological polar surface area (TPSA) is 102 Å². The van der Waals surface area contributed by atoms with Crippen LogP contribution in [0.1, 0.15) is 32.0 Å². The fourth-order valence-corrected chi connectivity index (χ4v) is 6.03.